The molecule has 0 aliphatic heterocycles. The molecule has 0 aromatic heterocycles. The van der Waals surface area contributed by atoms with Crippen LogP contribution in [-0.2, 0) is 11.4 Å². The molecular formula is C16H11F2N2O. The van der Waals surface area contributed by atoms with E-state index in [0.29, 0.717) is 11.1 Å². The Hall–Kier alpha value is -2.74. The fourth-order valence-electron chi connectivity index (χ4n) is 1.63. The van der Waals surface area contributed by atoms with E-state index >= 15 is 0 Å². The van der Waals surface area contributed by atoms with Crippen LogP contribution in [0.15, 0.2) is 53.7 Å². The first-order valence-electron chi connectivity index (χ1n) is 6.15. The molecule has 0 N–H and O–H groups in total. The van der Waals surface area contributed by atoms with Gasteiger partial charge in [0.15, 0.2) is 0 Å². The van der Waals surface area contributed by atoms with Crippen molar-refractivity contribution >= 4 is 6.21 Å². The number of nitriles is 1. The number of rotatable bonds is 5. The number of benzene rings is 2. The first kappa shape index (κ1) is 14.7. The van der Waals surface area contributed by atoms with E-state index in [4.69, 9.17) is 10.1 Å². The Morgan fingerprint density at radius 2 is 1.71 bits per heavy atom. The Kier molecular flexibility index (Phi) is 4.99. The Morgan fingerprint density at radius 1 is 1.05 bits per heavy atom. The fraction of sp³-hybridized carbons (Fsp3) is 0.125. The molecule has 5 heteroatoms. The minimum atomic E-state index is -2.48. The number of hydrogen-bond donors (Lipinski definition) is 0. The van der Waals surface area contributed by atoms with Crippen LogP contribution in [0.5, 0.6) is 0 Å². The average Bonchev–Trinajstić information content (AvgIpc) is 2.52. The van der Waals surface area contributed by atoms with Gasteiger partial charge in [0.25, 0.3) is 6.43 Å². The van der Waals surface area contributed by atoms with Gasteiger partial charge < -0.3 is 4.84 Å². The van der Waals surface area contributed by atoms with Crippen LogP contribution < -0.4 is 0 Å². The van der Waals surface area contributed by atoms with Crippen molar-refractivity contribution < 1.29 is 13.6 Å². The number of hydrogen-bond acceptors (Lipinski definition) is 3. The van der Waals surface area contributed by atoms with Crippen LogP contribution >= 0.6 is 0 Å². The van der Waals surface area contributed by atoms with Gasteiger partial charge in [0.2, 0.25) is 0 Å². The number of halogens is 2. The lowest BCUT2D eigenvalue weighted by Crippen LogP contribution is -1.91. The first-order valence-corrected chi connectivity index (χ1v) is 6.15. The molecule has 0 heterocycles. The summed E-state index contributed by atoms with van der Waals surface area (Å²) in [7, 11) is 0. The highest BCUT2D eigenvalue weighted by molar-refractivity contribution is 5.82. The number of alkyl halides is 2. The fourth-order valence-corrected chi connectivity index (χ4v) is 1.63. The SMILES string of the molecule is N#Cc1ccccc1/[C]=N\OCc1ccc(C(F)F)cc1. The summed E-state index contributed by atoms with van der Waals surface area (Å²) in [6.07, 6.45) is 0.146. The largest absolute Gasteiger partial charge is 0.390 e. The van der Waals surface area contributed by atoms with Crippen molar-refractivity contribution in [2.24, 2.45) is 5.16 Å². The molecule has 0 saturated carbocycles. The third-order valence-corrected chi connectivity index (χ3v) is 2.74. The second kappa shape index (κ2) is 7.15. The topological polar surface area (TPSA) is 45.4 Å². The predicted octanol–water partition coefficient (Wildman–Crippen LogP) is 3.92. The van der Waals surface area contributed by atoms with Gasteiger partial charge in [-0.05, 0) is 11.6 Å². The van der Waals surface area contributed by atoms with Crippen LogP contribution in [0.2, 0.25) is 0 Å². The second-order valence-electron chi connectivity index (χ2n) is 4.18. The Morgan fingerprint density at radius 3 is 2.33 bits per heavy atom. The summed E-state index contributed by atoms with van der Waals surface area (Å²) in [4.78, 5) is 5.04. The van der Waals surface area contributed by atoms with E-state index in [1.807, 2.05) is 6.07 Å². The molecule has 2 rings (SSSR count). The van der Waals surface area contributed by atoms with Gasteiger partial charge in [0.05, 0.1) is 11.6 Å². The highest BCUT2D eigenvalue weighted by Gasteiger charge is 2.05. The van der Waals surface area contributed by atoms with Gasteiger partial charge in [0.1, 0.15) is 12.8 Å². The standard InChI is InChI=1S/C16H11F2N2O/c17-16(18)13-7-5-12(6-8-13)11-21-20-10-15-4-2-1-3-14(15)9-19/h1-8,16H,11H2. The van der Waals surface area contributed by atoms with Crippen molar-refractivity contribution in [2.45, 2.75) is 13.0 Å². The molecule has 2 aromatic carbocycles. The lowest BCUT2D eigenvalue weighted by atomic mass is 10.1. The minimum absolute atomic E-state index is 0.0308. The van der Waals surface area contributed by atoms with Gasteiger partial charge in [-0.3, -0.25) is 0 Å². The van der Waals surface area contributed by atoms with E-state index in [9.17, 15) is 8.78 Å². The van der Waals surface area contributed by atoms with Crippen LogP contribution in [-0.4, -0.2) is 6.21 Å². The number of nitrogens with zero attached hydrogens (tertiary/aromatic N) is 2. The zero-order valence-corrected chi connectivity index (χ0v) is 11.0. The molecule has 2 aromatic rings. The van der Waals surface area contributed by atoms with Gasteiger partial charge in [-0.15, -0.1) is 0 Å². The lowest BCUT2D eigenvalue weighted by molar-refractivity contribution is 0.131. The quantitative estimate of drug-likeness (QED) is 0.617. The van der Waals surface area contributed by atoms with Crippen molar-refractivity contribution in [1.29, 1.82) is 5.26 Å². The van der Waals surface area contributed by atoms with Gasteiger partial charge >= 0.3 is 0 Å². The third-order valence-electron chi connectivity index (χ3n) is 2.74. The summed E-state index contributed by atoms with van der Waals surface area (Å²) in [6.45, 7) is 0.144. The van der Waals surface area contributed by atoms with Gasteiger partial charge in [0, 0.05) is 11.1 Å². The molecule has 0 spiro atoms. The Balaban J connectivity index is 1.92. The smallest absolute Gasteiger partial charge is 0.263 e. The summed E-state index contributed by atoms with van der Waals surface area (Å²) in [5.74, 6) is 0. The van der Waals surface area contributed by atoms with Crippen LogP contribution in [0.25, 0.3) is 0 Å². The Bertz CT molecular complexity index is 661. The van der Waals surface area contributed by atoms with Crippen molar-refractivity contribution in [3.63, 3.8) is 0 Å². The lowest BCUT2D eigenvalue weighted by Gasteiger charge is -2.02. The van der Waals surface area contributed by atoms with Crippen molar-refractivity contribution in [3.8, 4) is 6.07 Å². The summed E-state index contributed by atoms with van der Waals surface area (Å²) in [5, 5.41) is 12.5. The maximum atomic E-state index is 12.4. The van der Waals surface area contributed by atoms with Crippen LogP contribution in [0, 0.1) is 11.3 Å². The minimum Gasteiger partial charge on any atom is -0.390 e. The van der Waals surface area contributed by atoms with E-state index in [1.165, 1.54) is 12.1 Å². The molecule has 0 aliphatic carbocycles. The summed E-state index contributed by atoms with van der Waals surface area (Å²) in [6, 6.07) is 14.7. The molecule has 105 valence electrons. The van der Waals surface area contributed by atoms with E-state index < -0.39 is 6.43 Å². The van der Waals surface area contributed by atoms with Crippen LogP contribution in [0.1, 0.15) is 28.7 Å². The molecular weight excluding hydrogens is 274 g/mol. The second-order valence-corrected chi connectivity index (χ2v) is 4.18. The molecule has 21 heavy (non-hydrogen) atoms. The molecule has 0 amide bonds. The monoisotopic (exact) mass is 285 g/mol. The molecule has 0 fully saturated rings. The molecule has 0 aliphatic rings. The molecule has 0 saturated heterocycles. The van der Waals surface area contributed by atoms with Gasteiger partial charge in [-0.25, -0.2) is 8.78 Å². The van der Waals surface area contributed by atoms with E-state index in [0.717, 1.165) is 5.56 Å². The van der Waals surface area contributed by atoms with Gasteiger partial charge in [-0.1, -0.05) is 47.6 Å². The van der Waals surface area contributed by atoms with Crippen molar-refractivity contribution in [3.05, 3.63) is 70.8 Å². The molecule has 0 atom stereocenters. The molecule has 0 unspecified atom stereocenters. The van der Waals surface area contributed by atoms with E-state index in [2.05, 4.69) is 11.4 Å². The maximum Gasteiger partial charge on any atom is 0.263 e. The summed E-state index contributed by atoms with van der Waals surface area (Å²) < 4.78 is 24.8. The average molecular weight is 285 g/mol. The zero-order valence-electron chi connectivity index (χ0n) is 11.0. The highest BCUT2D eigenvalue weighted by Crippen LogP contribution is 2.18. The van der Waals surface area contributed by atoms with Crippen molar-refractivity contribution in [2.75, 3.05) is 0 Å². The molecule has 3 nitrogen and oxygen atoms in total. The van der Waals surface area contributed by atoms with Gasteiger partial charge in [-0.2, -0.15) is 5.26 Å². The van der Waals surface area contributed by atoms with Crippen molar-refractivity contribution in [1.82, 2.24) is 0 Å². The van der Waals surface area contributed by atoms with Crippen LogP contribution in [0.4, 0.5) is 8.78 Å². The third kappa shape index (κ3) is 4.11. The summed E-state index contributed by atoms with van der Waals surface area (Å²) in [5.41, 5.74) is 1.68. The Labute approximate surface area is 121 Å². The highest BCUT2D eigenvalue weighted by atomic mass is 19.3. The maximum absolute atomic E-state index is 12.4. The predicted molar refractivity (Wildman–Crippen MR) is 73.9 cm³/mol. The zero-order chi connectivity index (χ0) is 15.1. The van der Waals surface area contributed by atoms with E-state index in [1.54, 1.807) is 36.4 Å². The molecule has 1 radical (unpaired) electrons. The van der Waals surface area contributed by atoms with E-state index in [-0.39, 0.29) is 12.2 Å². The molecule has 0 bridgehead atoms. The normalized spacial score (nSPS) is 10.8. The summed E-state index contributed by atoms with van der Waals surface area (Å²) >= 11 is 0. The van der Waals surface area contributed by atoms with Crippen LogP contribution in [0.3, 0.4) is 0 Å². The first-order chi connectivity index (χ1) is 10.2.